The SMILES string of the molecule is C=C(C)[C@H]1CN(S(=O)(=O)c2ccc(C)cc2)[C@@H](Cc2ccccc2)C[C@H]1O. The summed E-state index contributed by atoms with van der Waals surface area (Å²) in [6.07, 6.45) is 0.393. The molecule has 1 aliphatic heterocycles. The van der Waals surface area contributed by atoms with Crippen molar-refractivity contribution in [2.75, 3.05) is 6.54 Å². The summed E-state index contributed by atoms with van der Waals surface area (Å²) in [5.41, 5.74) is 2.89. The van der Waals surface area contributed by atoms with E-state index in [1.54, 1.807) is 16.4 Å². The molecule has 0 radical (unpaired) electrons. The Morgan fingerprint density at radius 3 is 2.37 bits per heavy atom. The van der Waals surface area contributed by atoms with Gasteiger partial charge in [0, 0.05) is 18.5 Å². The Labute approximate surface area is 162 Å². The smallest absolute Gasteiger partial charge is 0.243 e. The highest BCUT2D eigenvalue weighted by molar-refractivity contribution is 7.89. The zero-order valence-corrected chi connectivity index (χ0v) is 16.7. The van der Waals surface area contributed by atoms with Crippen LogP contribution in [0.25, 0.3) is 0 Å². The van der Waals surface area contributed by atoms with E-state index in [0.29, 0.717) is 17.7 Å². The van der Waals surface area contributed by atoms with Crippen molar-refractivity contribution >= 4 is 10.0 Å². The number of hydrogen-bond donors (Lipinski definition) is 1. The van der Waals surface area contributed by atoms with Crippen molar-refractivity contribution < 1.29 is 13.5 Å². The zero-order chi connectivity index (χ0) is 19.6. The molecule has 27 heavy (non-hydrogen) atoms. The molecule has 0 spiro atoms. The second-order valence-electron chi connectivity index (χ2n) is 7.49. The van der Waals surface area contributed by atoms with Gasteiger partial charge >= 0.3 is 0 Å². The first-order chi connectivity index (χ1) is 12.8. The molecule has 1 saturated heterocycles. The first kappa shape index (κ1) is 19.8. The Balaban J connectivity index is 1.97. The second kappa shape index (κ2) is 7.97. The van der Waals surface area contributed by atoms with Crippen molar-refractivity contribution in [3.05, 3.63) is 77.9 Å². The summed E-state index contributed by atoms with van der Waals surface area (Å²) in [5.74, 6) is -0.253. The number of hydrogen-bond acceptors (Lipinski definition) is 3. The minimum absolute atomic E-state index is 0.253. The van der Waals surface area contributed by atoms with Crippen LogP contribution in [0.3, 0.4) is 0 Å². The van der Waals surface area contributed by atoms with Crippen molar-refractivity contribution in [2.24, 2.45) is 5.92 Å². The average molecular weight is 386 g/mol. The molecule has 144 valence electrons. The van der Waals surface area contributed by atoms with Crippen molar-refractivity contribution in [3.8, 4) is 0 Å². The van der Waals surface area contributed by atoms with Crippen molar-refractivity contribution in [1.29, 1.82) is 0 Å². The fraction of sp³-hybridized carbons (Fsp3) is 0.364. The lowest BCUT2D eigenvalue weighted by molar-refractivity contribution is 0.0425. The monoisotopic (exact) mass is 385 g/mol. The molecule has 1 heterocycles. The van der Waals surface area contributed by atoms with E-state index in [2.05, 4.69) is 6.58 Å². The van der Waals surface area contributed by atoms with E-state index in [1.165, 1.54) is 0 Å². The Morgan fingerprint density at radius 2 is 1.78 bits per heavy atom. The van der Waals surface area contributed by atoms with Crippen LogP contribution in [0.2, 0.25) is 0 Å². The van der Waals surface area contributed by atoms with Crippen LogP contribution < -0.4 is 0 Å². The number of aryl methyl sites for hydroxylation is 1. The molecule has 3 atom stereocenters. The maximum absolute atomic E-state index is 13.4. The fourth-order valence-corrected chi connectivity index (χ4v) is 5.38. The van der Waals surface area contributed by atoms with E-state index in [0.717, 1.165) is 16.7 Å². The van der Waals surface area contributed by atoms with Gasteiger partial charge < -0.3 is 5.11 Å². The van der Waals surface area contributed by atoms with E-state index in [9.17, 15) is 13.5 Å². The van der Waals surface area contributed by atoms with Crippen LogP contribution in [0.4, 0.5) is 0 Å². The van der Waals surface area contributed by atoms with Gasteiger partial charge in [0.1, 0.15) is 0 Å². The van der Waals surface area contributed by atoms with Crippen LogP contribution in [-0.2, 0) is 16.4 Å². The Hall–Kier alpha value is -1.95. The summed E-state index contributed by atoms with van der Waals surface area (Å²) in [5, 5.41) is 10.6. The van der Waals surface area contributed by atoms with Gasteiger partial charge in [-0.15, -0.1) is 0 Å². The third kappa shape index (κ3) is 4.32. The summed E-state index contributed by atoms with van der Waals surface area (Å²) in [6.45, 7) is 7.99. The molecule has 1 aliphatic rings. The molecule has 0 bridgehead atoms. The minimum Gasteiger partial charge on any atom is -0.392 e. The molecular weight excluding hydrogens is 358 g/mol. The van der Waals surface area contributed by atoms with Crippen molar-refractivity contribution in [1.82, 2.24) is 4.31 Å². The van der Waals surface area contributed by atoms with Gasteiger partial charge in [0.05, 0.1) is 11.0 Å². The highest BCUT2D eigenvalue weighted by Crippen LogP contribution is 2.33. The van der Waals surface area contributed by atoms with Gasteiger partial charge in [0.25, 0.3) is 0 Å². The highest BCUT2D eigenvalue weighted by atomic mass is 32.2. The van der Waals surface area contributed by atoms with Gasteiger partial charge in [-0.3, -0.25) is 0 Å². The predicted molar refractivity (Wildman–Crippen MR) is 108 cm³/mol. The Bertz CT molecular complexity index is 891. The van der Waals surface area contributed by atoms with Crippen LogP contribution in [-0.4, -0.2) is 36.5 Å². The molecule has 0 aromatic heterocycles. The van der Waals surface area contributed by atoms with E-state index in [1.807, 2.05) is 56.3 Å². The third-order valence-electron chi connectivity index (χ3n) is 5.34. The average Bonchev–Trinajstić information content (AvgIpc) is 2.62. The summed E-state index contributed by atoms with van der Waals surface area (Å²) in [4.78, 5) is 0.294. The summed E-state index contributed by atoms with van der Waals surface area (Å²) in [6, 6.07) is 16.5. The molecule has 4 nitrogen and oxygen atoms in total. The van der Waals surface area contributed by atoms with Gasteiger partial charge in [-0.2, -0.15) is 4.31 Å². The highest BCUT2D eigenvalue weighted by Gasteiger charge is 2.41. The topological polar surface area (TPSA) is 57.6 Å². The van der Waals surface area contributed by atoms with Crippen LogP contribution >= 0.6 is 0 Å². The molecule has 3 rings (SSSR count). The Morgan fingerprint density at radius 1 is 1.15 bits per heavy atom. The van der Waals surface area contributed by atoms with Gasteiger partial charge in [-0.05, 0) is 44.4 Å². The molecule has 2 aromatic carbocycles. The summed E-state index contributed by atoms with van der Waals surface area (Å²) in [7, 11) is -3.66. The van der Waals surface area contributed by atoms with E-state index in [4.69, 9.17) is 0 Å². The molecule has 2 aromatic rings. The van der Waals surface area contributed by atoms with Crippen molar-refractivity contribution in [2.45, 2.75) is 43.7 Å². The van der Waals surface area contributed by atoms with E-state index < -0.39 is 16.1 Å². The second-order valence-corrected chi connectivity index (χ2v) is 9.38. The summed E-state index contributed by atoms with van der Waals surface area (Å²) < 4.78 is 28.3. The normalized spacial score (nSPS) is 23.9. The predicted octanol–water partition coefficient (Wildman–Crippen LogP) is 3.55. The maximum atomic E-state index is 13.4. The molecule has 0 unspecified atom stereocenters. The van der Waals surface area contributed by atoms with Gasteiger partial charge in [-0.1, -0.05) is 60.2 Å². The number of rotatable bonds is 5. The zero-order valence-electron chi connectivity index (χ0n) is 15.9. The Kier molecular flexibility index (Phi) is 5.84. The summed E-state index contributed by atoms with van der Waals surface area (Å²) >= 11 is 0. The standard InChI is InChI=1S/C22H27NO3S/c1-16(2)21-15-23(27(25,26)20-11-9-17(3)10-12-20)19(14-22(21)24)13-18-7-5-4-6-8-18/h4-12,19,21-22,24H,1,13-15H2,2-3H3/t19-,21+,22+/m0/s1. The number of nitrogens with zero attached hydrogens (tertiary/aromatic N) is 1. The van der Waals surface area contributed by atoms with Crippen LogP contribution in [0.5, 0.6) is 0 Å². The molecular formula is C22H27NO3S. The maximum Gasteiger partial charge on any atom is 0.243 e. The first-order valence-corrected chi connectivity index (χ1v) is 10.7. The first-order valence-electron chi connectivity index (χ1n) is 9.25. The van der Waals surface area contributed by atoms with Crippen LogP contribution in [0.1, 0.15) is 24.5 Å². The number of aliphatic hydroxyl groups excluding tert-OH is 1. The largest absolute Gasteiger partial charge is 0.392 e. The lowest BCUT2D eigenvalue weighted by atomic mass is 9.85. The molecule has 1 N–H and O–H groups in total. The van der Waals surface area contributed by atoms with Gasteiger partial charge in [0.2, 0.25) is 10.0 Å². The number of sulfonamides is 1. The van der Waals surface area contributed by atoms with Gasteiger partial charge in [0.15, 0.2) is 0 Å². The van der Waals surface area contributed by atoms with Gasteiger partial charge in [-0.25, -0.2) is 8.42 Å². The minimum atomic E-state index is -3.66. The fourth-order valence-electron chi connectivity index (χ4n) is 3.72. The number of benzene rings is 2. The molecule has 1 fully saturated rings. The molecule has 5 heteroatoms. The number of piperidine rings is 1. The molecule has 0 saturated carbocycles. The van der Waals surface area contributed by atoms with E-state index >= 15 is 0 Å². The quantitative estimate of drug-likeness (QED) is 0.801. The molecule has 0 aliphatic carbocycles. The van der Waals surface area contributed by atoms with Crippen LogP contribution in [0.15, 0.2) is 71.6 Å². The van der Waals surface area contributed by atoms with Crippen molar-refractivity contribution in [3.63, 3.8) is 0 Å². The molecule has 0 amide bonds. The lowest BCUT2D eigenvalue weighted by Gasteiger charge is -2.42. The van der Waals surface area contributed by atoms with Crippen LogP contribution in [0, 0.1) is 12.8 Å². The third-order valence-corrected chi connectivity index (χ3v) is 7.27. The van der Waals surface area contributed by atoms with E-state index in [-0.39, 0.29) is 18.5 Å². The lowest BCUT2D eigenvalue weighted by Crippen LogP contribution is -2.53. The number of aliphatic hydroxyl groups is 1.